The van der Waals surface area contributed by atoms with Gasteiger partial charge in [0.05, 0.1) is 11.7 Å². The minimum atomic E-state index is -0.631. The zero-order chi connectivity index (χ0) is 19.1. The van der Waals surface area contributed by atoms with Crippen LogP contribution in [0.2, 0.25) is 0 Å². The molecule has 2 heterocycles. The highest BCUT2D eigenvalue weighted by molar-refractivity contribution is 7.18. The molecule has 1 amide bonds. The Morgan fingerprint density at radius 2 is 2.04 bits per heavy atom. The summed E-state index contributed by atoms with van der Waals surface area (Å²) in [6.07, 6.45) is 5.75. The fourth-order valence-electron chi connectivity index (χ4n) is 3.69. The van der Waals surface area contributed by atoms with Crippen molar-refractivity contribution in [2.24, 2.45) is 0 Å². The van der Waals surface area contributed by atoms with Crippen molar-refractivity contribution in [3.05, 3.63) is 56.4 Å². The molecular formula is C21H23N3O2S. The lowest BCUT2D eigenvalue weighted by molar-refractivity contribution is -0.118. The van der Waals surface area contributed by atoms with Gasteiger partial charge in [0, 0.05) is 10.6 Å². The monoisotopic (exact) mass is 381 g/mol. The van der Waals surface area contributed by atoms with Crippen LogP contribution in [-0.2, 0) is 17.6 Å². The normalized spacial score (nSPS) is 14.8. The molecule has 4 rings (SSSR count). The van der Waals surface area contributed by atoms with Gasteiger partial charge in [0.25, 0.3) is 5.56 Å². The first-order chi connectivity index (χ1) is 13.0. The number of thiophene rings is 1. The summed E-state index contributed by atoms with van der Waals surface area (Å²) in [5, 5.41) is 3.67. The Hall–Kier alpha value is -2.47. The molecule has 0 saturated carbocycles. The number of rotatable bonds is 3. The molecule has 1 N–H and O–H groups in total. The number of aryl methyl sites for hydroxylation is 3. The summed E-state index contributed by atoms with van der Waals surface area (Å²) in [6.45, 7) is 5.73. The average molecular weight is 382 g/mol. The molecule has 140 valence electrons. The van der Waals surface area contributed by atoms with Gasteiger partial charge in [-0.05, 0) is 69.2 Å². The van der Waals surface area contributed by atoms with Gasteiger partial charge in [0.15, 0.2) is 0 Å². The molecule has 0 fully saturated rings. The average Bonchev–Trinajstić information content (AvgIpc) is 3.04. The van der Waals surface area contributed by atoms with E-state index >= 15 is 0 Å². The van der Waals surface area contributed by atoms with Gasteiger partial charge in [-0.25, -0.2) is 4.98 Å². The van der Waals surface area contributed by atoms with Gasteiger partial charge in [-0.2, -0.15) is 0 Å². The van der Waals surface area contributed by atoms with Crippen LogP contribution in [0.1, 0.15) is 47.4 Å². The van der Waals surface area contributed by atoms with Crippen LogP contribution in [-0.4, -0.2) is 15.5 Å². The Morgan fingerprint density at radius 1 is 1.26 bits per heavy atom. The Kier molecular flexibility index (Phi) is 4.60. The number of nitrogens with zero attached hydrogens (tertiary/aromatic N) is 2. The summed E-state index contributed by atoms with van der Waals surface area (Å²) in [5.74, 6) is -0.212. The van der Waals surface area contributed by atoms with Gasteiger partial charge in [-0.3, -0.25) is 14.2 Å². The number of benzene rings is 1. The van der Waals surface area contributed by atoms with Crippen molar-refractivity contribution >= 4 is 33.1 Å². The smallest absolute Gasteiger partial charge is 0.263 e. The Bertz CT molecular complexity index is 1100. The Balaban J connectivity index is 1.69. The molecule has 5 nitrogen and oxygen atoms in total. The van der Waals surface area contributed by atoms with Crippen molar-refractivity contribution in [3.8, 4) is 0 Å². The molecule has 0 bridgehead atoms. The third kappa shape index (κ3) is 3.08. The SMILES string of the molecule is Cc1cccc(NC(=O)[C@@H](C)n2cnc3sc4c(c3c2=O)CCCC4)c1C. The predicted octanol–water partition coefficient (Wildman–Crippen LogP) is 4.15. The van der Waals surface area contributed by atoms with Crippen LogP contribution in [0.3, 0.4) is 0 Å². The molecule has 0 spiro atoms. The summed E-state index contributed by atoms with van der Waals surface area (Å²) < 4.78 is 1.46. The van der Waals surface area contributed by atoms with E-state index in [-0.39, 0.29) is 11.5 Å². The predicted molar refractivity (Wildman–Crippen MR) is 110 cm³/mol. The number of nitrogens with one attached hydrogen (secondary N) is 1. The fourth-order valence-corrected chi connectivity index (χ4v) is 4.90. The number of amides is 1. The molecule has 2 aromatic heterocycles. The third-order valence-electron chi connectivity index (χ3n) is 5.56. The van der Waals surface area contributed by atoms with Crippen molar-refractivity contribution in [1.82, 2.24) is 9.55 Å². The molecule has 0 saturated heterocycles. The van der Waals surface area contributed by atoms with E-state index in [0.717, 1.165) is 46.5 Å². The van der Waals surface area contributed by atoms with E-state index < -0.39 is 6.04 Å². The third-order valence-corrected chi connectivity index (χ3v) is 6.76. The maximum Gasteiger partial charge on any atom is 0.263 e. The highest BCUT2D eigenvalue weighted by Crippen LogP contribution is 2.33. The highest BCUT2D eigenvalue weighted by atomic mass is 32.1. The molecule has 1 atom stereocenters. The van der Waals surface area contributed by atoms with Gasteiger partial charge in [-0.15, -0.1) is 11.3 Å². The van der Waals surface area contributed by atoms with Crippen LogP contribution in [0, 0.1) is 13.8 Å². The zero-order valence-corrected chi connectivity index (χ0v) is 16.7. The van der Waals surface area contributed by atoms with E-state index in [1.807, 2.05) is 32.0 Å². The van der Waals surface area contributed by atoms with Gasteiger partial charge in [0.2, 0.25) is 5.91 Å². The number of carbonyl (C=O) groups is 1. The van der Waals surface area contributed by atoms with E-state index in [9.17, 15) is 9.59 Å². The summed E-state index contributed by atoms with van der Waals surface area (Å²) in [6, 6.07) is 5.18. The largest absolute Gasteiger partial charge is 0.324 e. The maximum absolute atomic E-state index is 13.1. The van der Waals surface area contributed by atoms with Crippen molar-refractivity contribution in [1.29, 1.82) is 0 Å². The van der Waals surface area contributed by atoms with Crippen molar-refractivity contribution in [2.45, 2.75) is 52.5 Å². The second kappa shape index (κ2) is 6.93. The van der Waals surface area contributed by atoms with Gasteiger partial charge in [-0.1, -0.05) is 12.1 Å². The van der Waals surface area contributed by atoms with Crippen LogP contribution in [0.15, 0.2) is 29.3 Å². The molecule has 0 unspecified atom stereocenters. The molecule has 0 aliphatic heterocycles. The van der Waals surface area contributed by atoms with Crippen LogP contribution < -0.4 is 10.9 Å². The molecule has 1 aliphatic carbocycles. The number of hydrogen-bond donors (Lipinski definition) is 1. The summed E-state index contributed by atoms with van der Waals surface area (Å²) in [5.41, 5.74) is 3.97. The number of anilines is 1. The minimum absolute atomic E-state index is 0.108. The molecular weight excluding hydrogens is 358 g/mol. The number of carbonyl (C=O) groups excluding carboxylic acids is 1. The van der Waals surface area contributed by atoms with E-state index in [2.05, 4.69) is 10.3 Å². The lowest BCUT2D eigenvalue weighted by Gasteiger charge is -2.17. The van der Waals surface area contributed by atoms with E-state index in [0.29, 0.717) is 5.39 Å². The van der Waals surface area contributed by atoms with Gasteiger partial charge < -0.3 is 5.32 Å². The molecule has 1 aromatic carbocycles. The van der Waals surface area contributed by atoms with E-state index in [1.165, 1.54) is 22.2 Å². The minimum Gasteiger partial charge on any atom is -0.324 e. The van der Waals surface area contributed by atoms with Crippen LogP contribution in [0.5, 0.6) is 0 Å². The number of aromatic nitrogens is 2. The highest BCUT2D eigenvalue weighted by Gasteiger charge is 2.23. The summed E-state index contributed by atoms with van der Waals surface area (Å²) in [7, 11) is 0. The molecule has 6 heteroatoms. The summed E-state index contributed by atoms with van der Waals surface area (Å²) in [4.78, 5) is 32.5. The maximum atomic E-state index is 13.1. The number of fused-ring (bicyclic) bond motifs is 3. The lowest BCUT2D eigenvalue weighted by atomic mass is 9.97. The summed E-state index contributed by atoms with van der Waals surface area (Å²) >= 11 is 1.62. The molecule has 3 aromatic rings. The quantitative estimate of drug-likeness (QED) is 0.741. The van der Waals surface area contributed by atoms with Crippen LogP contribution in [0.25, 0.3) is 10.2 Å². The zero-order valence-electron chi connectivity index (χ0n) is 15.8. The first-order valence-corrected chi connectivity index (χ1v) is 10.2. The van der Waals surface area contributed by atoms with Crippen LogP contribution in [0.4, 0.5) is 5.69 Å². The molecule has 1 aliphatic rings. The van der Waals surface area contributed by atoms with Crippen molar-refractivity contribution in [3.63, 3.8) is 0 Å². The Morgan fingerprint density at radius 3 is 2.85 bits per heavy atom. The van der Waals surface area contributed by atoms with Crippen molar-refractivity contribution in [2.75, 3.05) is 5.32 Å². The number of hydrogen-bond acceptors (Lipinski definition) is 4. The second-order valence-corrected chi connectivity index (χ2v) is 8.34. The Labute approximate surface area is 162 Å². The topological polar surface area (TPSA) is 64.0 Å². The van der Waals surface area contributed by atoms with Crippen molar-refractivity contribution < 1.29 is 4.79 Å². The van der Waals surface area contributed by atoms with E-state index in [4.69, 9.17) is 0 Å². The van der Waals surface area contributed by atoms with Crippen LogP contribution >= 0.6 is 11.3 Å². The van der Waals surface area contributed by atoms with Gasteiger partial charge >= 0.3 is 0 Å². The standard InChI is InChI=1S/C21H23N3O2S/c1-12-7-6-9-16(13(12)2)23-19(25)14(3)24-11-22-20-18(21(24)26)15-8-4-5-10-17(15)27-20/h6-7,9,11,14H,4-5,8,10H2,1-3H3,(H,23,25)/t14-/m1/s1. The van der Waals surface area contributed by atoms with Gasteiger partial charge in [0.1, 0.15) is 10.9 Å². The first-order valence-electron chi connectivity index (χ1n) is 9.36. The molecule has 0 radical (unpaired) electrons. The van der Waals surface area contributed by atoms with E-state index in [1.54, 1.807) is 18.3 Å². The first kappa shape index (κ1) is 17.9. The fraction of sp³-hybridized carbons (Fsp3) is 0.381. The molecule has 27 heavy (non-hydrogen) atoms. The second-order valence-electron chi connectivity index (χ2n) is 7.26. The lowest BCUT2D eigenvalue weighted by Crippen LogP contribution is -2.32.